The van der Waals surface area contributed by atoms with Gasteiger partial charge in [0.25, 0.3) is 5.91 Å². The van der Waals surface area contributed by atoms with E-state index in [2.05, 4.69) is 5.32 Å². The Kier molecular flexibility index (Phi) is 5.57. The number of nitrogens with one attached hydrogen (secondary N) is 1. The highest BCUT2D eigenvalue weighted by Gasteiger charge is 2.23. The van der Waals surface area contributed by atoms with Crippen molar-refractivity contribution >= 4 is 5.91 Å². The molecule has 0 saturated carbocycles. The molecule has 112 valence electrons. The number of benzene rings is 1. The lowest BCUT2D eigenvalue weighted by molar-refractivity contribution is -0.129. The van der Waals surface area contributed by atoms with Gasteiger partial charge in [0.1, 0.15) is 5.75 Å². The average Bonchev–Trinajstić information content (AvgIpc) is 2.38. The lowest BCUT2D eigenvalue weighted by atomic mass is 10.0. The number of hydrogen-bond donors (Lipinski definition) is 2. The Hall–Kier alpha value is -1.55. The van der Waals surface area contributed by atoms with Gasteiger partial charge in [0.2, 0.25) is 0 Å². The van der Waals surface area contributed by atoms with Crippen molar-refractivity contribution in [2.24, 2.45) is 5.73 Å². The van der Waals surface area contributed by atoms with Crippen molar-refractivity contribution in [1.82, 2.24) is 5.32 Å². The van der Waals surface area contributed by atoms with Gasteiger partial charge in [-0.2, -0.15) is 0 Å². The van der Waals surface area contributed by atoms with E-state index in [-0.39, 0.29) is 17.5 Å². The Morgan fingerprint density at radius 2 is 1.95 bits per heavy atom. The molecule has 0 bridgehead atoms. The number of para-hydroxylation sites is 1. The number of carbonyl (C=O) groups is 1. The minimum atomic E-state index is -0.555. The fraction of sp³-hybridized carbons (Fsp3) is 0.562. The highest BCUT2D eigenvalue weighted by Crippen LogP contribution is 2.24. The molecule has 0 saturated heterocycles. The van der Waals surface area contributed by atoms with E-state index in [4.69, 9.17) is 10.5 Å². The van der Waals surface area contributed by atoms with Crippen molar-refractivity contribution in [3.63, 3.8) is 0 Å². The predicted molar refractivity (Wildman–Crippen MR) is 81.6 cm³/mol. The molecule has 0 aromatic heterocycles. The summed E-state index contributed by atoms with van der Waals surface area (Å²) in [7, 11) is 0. The number of rotatable bonds is 6. The Morgan fingerprint density at radius 3 is 2.50 bits per heavy atom. The first kappa shape index (κ1) is 16.5. The fourth-order valence-electron chi connectivity index (χ4n) is 1.73. The van der Waals surface area contributed by atoms with Crippen molar-refractivity contribution in [2.45, 2.75) is 58.7 Å². The van der Waals surface area contributed by atoms with Gasteiger partial charge in [-0.05, 0) is 40.2 Å². The van der Waals surface area contributed by atoms with Crippen molar-refractivity contribution in [3.8, 4) is 5.75 Å². The lowest BCUT2D eigenvalue weighted by Crippen LogP contribution is -2.48. The van der Waals surface area contributed by atoms with E-state index in [1.807, 2.05) is 52.0 Å². The Labute approximate surface area is 121 Å². The van der Waals surface area contributed by atoms with Crippen molar-refractivity contribution in [1.29, 1.82) is 0 Å². The molecule has 1 aromatic rings. The molecule has 1 aromatic carbocycles. The second-order valence-electron chi connectivity index (χ2n) is 5.81. The SMILES string of the molecule is CCC(C)(C)NC(=O)C(C)Oc1ccccc1[C@H](C)N. The van der Waals surface area contributed by atoms with Crippen LogP contribution < -0.4 is 15.8 Å². The molecule has 4 nitrogen and oxygen atoms in total. The minimum Gasteiger partial charge on any atom is -0.481 e. The van der Waals surface area contributed by atoms with Gasteiger partial charge >= 0.3 is 0 Å². The summed E-state index contributed by atoms with van der Waals surface area (Å²) in [5.41, 5.74) is 6.59. The van der Waals surface area contributed by atoms with E-state index >= 15 is 0 Å². The van der Waals surface area contributed by atoms with E-state index in [9.17, 15) is 4.79 Å². The van der Waals surface area contributed by atoms with Crippen molar-refractivity contribution < 1.29 is 9.53 Å². The van der Waals surface area contributed by atoms with Gasteiger partial charge in [-0.15, -0.1) is 0 Å². The van der Waals surface area contributed by atoms with Gasteiger partial charge < -0.3 is 15.8 Å². The smallest absolute Gasteiger partial charge is 0.261 e. The quantitative estimate of drug-likeness (QED) is 0.841. The summed E-state index contributed by atoms with van der Waals surface area (Å²) >= 11 is 0. The predicted octanol–water partition coefficient (Wildman–Crippen LogP) is 2.78. The van der Waals surface area contributed by atoms with Crippen LogP contribution in [0.15, 0.2) is 24.3 Å². The third-order valence-electron chi connectivity index (χ3n) is 3.43. The highest BCUT2D eigenvalue weighted by molar-refractivity contribution is 5.81. The average molecular weight is 278 g/mol. The zero-order valence-corrected chi connectivity index (χ0v) is 13.1. The maximum absolute atomic E-state index is 12.1. The first-order valence-electron chi connectivity index (χ1n) is 7.10. The monoisotopic (exact) mass is 278 g/mol. The minimum absolute atomic E-state index is 0.115. The molecule has 0 fully saturated rings. The molecule has 0 aliphatic heterocycles. The maximum Gasteiger partial charge on any atom is 0.261 e. The zero-order valence-electron chi connectivity index (χ0n) is 13.1. The van der Waals surface area contributed by atoms with E-state index in [1.54, 1.807) is 6.92 Å². The molecule has 1 amide bonds. The molecular weight excluding hydrogens is 252 g/mol. The normalized spacial score (nSPS) is 14.5. The Balaban J connectivity index is 2.76. The van der Waals surface area contributed by atoms with Gasteiger partial charge in [-0.25, -0.2) is 0 Å². The van der Waals surface area contributed by atoms with E-state index < -0.39 is 6.10 Å². The van der Waals surface area contributed by atoms with Crippen LogP contribution in [0.4, 0.5) is 0 Å². The molecule has 0 aliphatic carbocycles. The van der Waals surface area contributed by atoms with Crippen LogP contribution in [0.3, 0.4) is 0 Å². The number of nitrogens with two attached hydrogens (primary N) is 1. The molecule has 0 aliphatic rings. The third kappa shape index (κ3) is 4.53. The lowest BCUT2D eigenvalue weighted by Gasteiger charge is -2.27. The highest BCUT2D eigenvalue weighted by atomic mass is 16.5. The Morgan fingerprint density at radius 1 is 1.35 bits per heavy atom. The van der Waals surface area contributed by atoms with Gasteiger partial charge in [-0.3, -0.25) is 4.79 Å². The molecule has 0 radical (unpaired) electrons. The van der Waals surface area contributed by atoms with Gasteiger partial charge in [0.15, 0.2) is 6.10 Å². The summed E-state index contributed by atoms with van der Waals surface area (Å²) in [5, 5.41) is 2.98. The molecule has 3 N–H and O–H groups in total. The number of amides is 1. The number of ether oxygens (including phenoxy) is 1. The summed E-state index contributed by atoms with van der Waals surface area (Å²) in [5.74, 6) is 0.552. The second kappa shape index (κ2) is 6.75. The third-order valence-corrected chi connectivity index (χ3v) is 3.43. The Bertz CT molecular complexity index is 456. The van der Waals surface area contributed by atoms with Crippen LogP contribution in [0.1, 0.15) is 52.6 Å². The van der Waals surface area contributed by atoms with Gasteiger partial charge in [0.05, 0.1) is 0 Å². The van der Waals surface area contributed by atoms with E-state index in [0.29, 0.717) is 5.75 Å². The van der Waals surface area contributed by atoms with Crippen LogP contribution in [0.2, 0.25) is 0 Å². The van der Waals surface area contributed by atoms with Crippen LogP contribution in [-0.2, 0) is 4.79 Å². The zero-order chi connectivity index (χ0) is 15.3. The van der Waals surface area contributed by atoms with E-state index in [1.165, 1.54) is 0 Å². The molecule has 1 rings (SSSR count). The summed E-state index contributed by atoms with van der Waals surface area (Å²) in [6.45, 7) is 9.67. The van der Waals surface area contributed by atoms with Crippen molar-refractivity contribution in [3.05, 3.63) is 29.8 Å². The molecular formula is C16H26N2O2. The van der Waals surface area contributed by atoms with Crippen LogP contribution >= 0.6 is 0 Å². The van der Waals surface area contributed by atoms with Crippen LogP contribution in [0.25, 0.3) is 0 Å². The molecule has 0 heterocycles. The molecule has 2 atom stereocenters. The van der Waals surface area contributed by atoms with Crippen LogP contribution in [0, 0.1) is 0 Å². The van der Waals surface area contributed by atoms with Crippen molar-refractivity contribution in [2.75, 3.05) is 0 Å². The largest absolute Gasteiger partial charge is 0.481 e. The molecule has 4 heteroatoms. The molecule has 20 heavy (non-hydrogen) atoms. The fourth-order valence-corrected chi connectivity index (χ4v) is 1.73. The molecule has 0 spiro atoms. The topological polar surface area (TPSA) is 64.3 Å². The molecule has 1 unspecified atom stereocenters. The summed E-state index contributed by atoms with van der Waals surface area (Å²) in [6.07, 6.45) is 0.308. The first-order valence-corrected chi connectivity index (χ1v) is 7.10. The van der Waals surface area contributed by atoms with Gasteiger partial charge in [-0.1, -0.05) is 25.1 Å². The van der Waals surface area contributed by atoms with Gasteiger partial charge in [0, 0.05) is 17.1 Å². The van der Waals surface area contributed by atoms with Crippen LogP contribution in [-0.4, -0.2) is 17.6 Å². The first-order chi connectivity index (χ1) is 9.26. The maximum atomic E-state index is 12.1. The summed E-state index contributed by atoms with van der Waals surface area (Å²) in [4.78, 5) is 12.1. The standard InChI is InChI=1S/C16H26N2O2/c1-6-16(4,5)18-15(19)12(3)20-14-10-8-7-9-13(14)11(2)17/h7-12H,6,17H2,1-5H3,(H,18,19)/t11-,12?/m0/s1. The summed E-state index contributed by atoms with van der Waals surface area (Å²) in [6, 6.07) is 7.42. The number of hydrogen-bond acceptors (Lipinski definition) is 3. The second-order valence-corrected chi connectivity index (χ2v) is 5.81. The summed E-state index contributed by atoms with van der Waals surface area (Å²) < 4.78 is 5.77. The van der Waals surface area contributed by atoms with Crippen LogP contribution in [0.5, 0.6) is 5.75 Å². The number of carbonyl (C=O) groups excluding carboxylic acids is 1. The van der Waals surface area contributed by atoms with E-state index in [0.717, 1.165) is 12.0 Å².